The maximum atomic E-state index is 12.9. The topological polar surface area (TPSA) is 55.8 Å². The molecule has 3 heterocycles. The van der Waals surface area contributed by atoms with Crippen LogP contribution in [0.1, 0.15) is 23.6 Å². The fourth-order valence-electron chi connectivity index (χ4n) is 5.15. The van der Waals surface area contributed by atoms with Crippen molar-refractivity contribution in [2.24, 2.45) is 0 Å². The number of amides is 1. The molecule has 0 atom stereocenters. The summed E-state index contributed by atoms with van der Waals surface area (Å²) < 4.78 is 0. The van der Waals surface area contributed by atoms with Gasteiger partial charge < -0.3 is 14.7 Å². The van der Waals surface area contributed by atoms with Gasteiger partial charge in [0.25, 0.3) is 0 Å². The molecule has 0 radical (unpaired) electrons. The molecule has 2 saturated heterocycles. The number of benzene rings is 2. The number of anilines is 1. The first-order valence-electron chi connectivity index (χ1n) is 12.6. The first-order chi connectivity index (χ1) is 17.3. The van der Waals surface area contributed by atoms with Crippen LogP contribution in [0.15, 0.2) is 79.1 Å². The number of hydrogen-bond acceptors (Lipinski definition) is 6. The molecule has 0 aliphatic carbocycles. The maximum absolute atomic E-state index is 12.9. The lowest BCUT2D eigenvalue weighted by atomic mass is 9.96. The Morgan fingerprint density at radius 2 is 1.29 bits per heavy atom. The number of hydrogen-bond donors (Lipinski definition) is 0. The van der Waals surface area contributed by atoms with Crippen molar-refractivity contribution in [1.82, 2.24) is 24.7 Å². The largest absolute Gasteiger partial charge is 0.339 e. The van der Waals surface area contributed by atoms with Gasteiger partial charge in [0.2, 0.25) is 11.9 Å². The second-order valence-corrected chi connectivity index (χ2v) is 9.27. The van der Waals surface area contributed by atoms with Crippen LogP contribution in [0.25, 0.3) is 0 Å². The predicted molar refractivity (Wildman–Crippen MR) is 138 cm³/mol. The van der Waals surface area contributed by atoms with E-state index in [2.05, 4.69) is 85.3 Å². The van der Waals surface area contributed by atoms with Crippen molar-refractivity contribution in [2.45, 2.75) is 12.5 Å². The minimum absolute atomic E-state index is 0.257. The summed E-state index contributed by atoms with van der Waals surface area (Å²) in [5, 5.41) is 0. The number of carbonyl (C=O) groups excluding carboxylic acids is 1. The van der Waals surface area contributed by atoms with Crippen molar-refractivity contribution in [3.63, 3.8) is 0 Å². The van der Waals surface area contributed by atoms with E-state index < -0.39 is 0 Å². The fourth-order valence-corrected chi connectivity index (χ4v) is 5.15. The van der Waals surface area contributed by atoms with Gasteiger partial charge in [0.15, 0.2) is 0 Å². The molecule has 1 amide bonds. The van der Waals surface area contributed by atoms with E-state index in [4.69, 9.17) is 0 Å². The highest BCUT2D eigenvalue weighted by Gasteiger charge is 2.27. The summed E-state index contributed by atoms with van der Waals surface area (Å²) in [6.45, 7) is 7.85. The molecule has 7 heteroatoms. The van der Waals surface area contributed by atoms with Crippen molar-refractivity contribution in [1.29, 1.82) is 0 Å². The Bertz CT molecular complexity index is 1010. The summed E-state index contributed by atoms with van der Waals surface area (Å²) >= 11 is 0. The van der Waals surface area contributed by atoms with E-state index in [9.17, 15) is 4.79 Å². The van der Waals surface area contributed by atoms with E-state index in [-0.39, 0.29) is 11.9 Å². The van der Waals surface area contributed by atoms with Crippen LogP contribution in [-0.4, -0.2) is 89.5 Å². The fraction of sp³-hybridized carbons (Fsp3) is 0.393. The second-order valence-electron chi connectivity index (χ2n) is 9.27. The van der Waals surface area contributed by atoms with Gasteiger partial charge in [-0.25, -0.2) is 9.97 Å². The average molecular weight is 471 g/mol. The molecule has 0 N–H and O–H groups in total. The molecule has 0 spiro atoms. The minimum atomic E-state index is 0.257. The zero-order valence-electron chi connectivity index (χ0n) is 20.2. The number of aromatic nitrogens is 2. The van der Waals surface area contributed by atoms with E-state index in [0.717, 1.165) is 64.9 Å². The molecule has 2 fully saturated rings. The summed E-state index contributed by atoms with van der Waals surface area (Å²) in [6, 6.07) is 23.7. The highest BCUT2D eigenvalue weighted by molar-refractivity contribution is 5.76. The molecule has 0 unspecified atom stereocenters. The lowest BCUT2D eigenvalue weighted by Crippen LogP contribution is -2.51. The molecule has 0 bridgehead atoms. The van der Waals surface area contributed by atoms with E-state index in [1.807, 2.05) is 11.0 Å². The average Bonchev–Trinajstić information content (AvgIpc) is 2.94. The third-order valence-electron chi connectivity index (χ3n) is 7.11. The molecule has 5 rings (SSSR count). The lowest BCUT2D eigenvalue weighted by Gasteiger charge is -2.40. The SMILES string of the molecule is O=C(CCN1CCN(C(c2ccccc2)c2ccccc2)CC1)N1CCN(c2ncccn2)CC1. The molecule has 3 aromatic rings. The van der Waals surface area contributed by atoms with Crippen molar-refractivity contribution >= 4 is 11.9 Å². The Kier molecular flexibility index (Phi) is 7.66. The lowest BCUT2D eigenvalue weighted by molar-refractivity contribution is -0.132. The maximum Gasteiger partial charge on any atom is 0.225 e. The standard InChI is InChI=1S/C28H34N6O/c35-26(32-20-22-34(23-21-32)28-29-13-7-14-30-28)12-15-31-16-18-33(19-17-31)27(24-8-3-1-4-9-24)25-10-5-2-6-11-25/h1-11,13-14,27H,12,15-23H2. The van der Waals surface area contributed by atoms with Crippen molar-refractivity contribution in [2.75, 3.05) is 63.8 Å². The molecular weight excluding hydrogens is 436 g/mol. The molecule has 1 aromatic heterocycles. The van der Waals surface area contributed by atoms with Gasteiger partial charge in [0.05, 0.1) is 6.04 Å². The minimum Gasteiger partial charge on any atom is -0.339 e. The van der Waals surface area contributed by atoms with E-state index in [0.29, 0.717) is 6.42 Å². The Labute approximate surface area is 208 Å². The van der Waals surface area contributed by atoms with Gasteiger partial charge in [-0.3, -0.25) is 9.69 Å². The van der Waals surface area contributed by atoms with Gasteiger partial charge in [-0.05, 0) is 17.2 Å². The van der Waals surface area contributed by atoms with Crippen LogP contribution < -0.4 is 4.90 Å². The highest BCUT2D eigenvalue weighted by atomic mass is 16.2. The predicted octanol–water partition coefficient (Wildman–Crippen LogP) is 2.92. The molecule has 2 aliphatic rings. The zero-order chi connectivity index (χ0) is 23.9. The van der Waals surface area contributed by atoms with Crippen LogP contribution in [0.5, 0.6) is 0 Å². The van der Waals surface area contributed by atoms with Crippen LogP contribution in [0.3, 0.4) is 0 Å². The normalized spacial score (nSPS) is 17.6. The van der Waals surface area contributed by atoms with Crippen LogP contribution in [0.2, 0.25) is 0 Å². The summed E-state index contributed by atoms with van der Waals surface area (Å²) in [7, 11) is 0. The summed E-state index contributed by atoms with van der Waals surface area (Å²) in [4.78, 5) is 30.7. The Balaban J connectivity index is 1.10. The van der Waals surface area contributed by atoms with Crippen molar-refractivity contribution in [3.05, 3.63) is 90.3 Å². The van der Waals surface area contributed by atoms with Gasteiger partial charge in [-0.2, -0.15) is 0 Å². The molecule has 2 aliphatic heterocycles. The van der Waals surface area contributed by atoms with Crippen LogP contribution in [0, 0.1) is 0 Å². The van der Waals surface area contributed by atoms with Crippen molar-refractivity contribution < 1.29 is 4.79 Å². The smallest absolute Gasteiger partial charge is 0.225 e. The molecule has 182 valence electrons. The third-order valence-corrected chi connectivity index (χ3v) is 7.11. The monoisotopic (exact) mass is 470 g/mol. The zero-order valence-corrected chi connectivity index (χ0v) is 20.2. The van der Waals surface area contributed by atoms with E-state index in [1.165, 1.54) is 11.1 Å². The van der Waals surface area contributed by atoms with Gasteiger partial charge in [0.1, 0.15) is 0 Å². The second kappa shape index (κ2) is 11.4. The summed E-state index contributed by atoms with van der Waals surface area (Å²) in [5.74, 6) is 1.01. The van der Waals surface area contributed by atoms with Crippen LogP contribution >= 0.6 is 0 Å². The number of piperazine rings is 2. The Hall–Kier alpha value is -3.29. The molecule has 35 heavy (non-hydrogen) atoms. The first kappa shape index (κ1) is 23.5. The highest BCUT2D eigenvalue weighted by Crippen LogP contribution is 2.29. The molecule has 0 saturated carbocycles. The summed E-state index contributed by atoms with van der Waals surface area (Å²) in [6.07, 6.45) is 4.12. The number of rotatable bonds is 7. The van der Waals surface area contributed by atoms with Gasteiger partial charge >= 0.3 is 0 Å². The van der Waals surface area contributed by atoms with Crippen LogP contribution in [0.4, 0.5) is 5.95 Å². The quantitative estimate of drug-likeness (QED) is 0.529. The van der Waals surface area contributed by atoms with Gasteiger partial charge in [0, 0.05) is 77.7 Å². The molecule has 7 nitrogen and oxygen atoms in total. The third kappa shape index (κ3) is 5.86. The van der Waals surface area contributed by atoms with Gasteiger partial charge in [-0.15, -0.1) is 0 Å². The number of nitrogens with zero attached hydrogens (tertiary/aromatic N) is 6. The van der Waals surface area contributed by atoms with Crippen LogP contribution in [-0.2, 0) is 4.79 Å². The molecule has 2 aromatic carbocycles. The molecular formula is C28H34N6O. The van der Waals surface area contributed by atoms with Crippen molar-refractivity contribution in [3.8, 4) is 0 Å². The van der Waals surface area contributed by atoms with Gasteiger partial charge in [-0.1, -0.05) is 60.7 Å². The van der Waals surface area contributed by atoms with E-state index in [1.54, 1.807) is 12.4 Å². The van der Waals surface area contributed by atoms with E-state index >= 15 is 0 Å². The first-order valence-corrected chi connectivity index (χ1v) is 12.6. The number of carbonyl (C=O) groups is 1. The summed E-state index contributed by atoms with van der Waals surface area (Å²) in [5.41, 5.74) is 2.67. The Morgan fingerprint density at radius 3 is 1.86 bits per heavy atom. The Morgan fingerprint density at radius 1 is 0.714 bits per heavy atom.